The lowest BCUT2D eigenvalue weighted by Crippen LogP contribution is -1.99. The molecule has 0 bridgehead atoms. The summed E-state index contributed by atoms with van der Waals surface area (Å²) < 4.78 is 30.9. The first kappa shape index (κ1) is 16.7. The third-order valence-corrected chi connectivity index (χ3v) is 3.88. The summed E-state index contributed by atoms with van der Waals surface area (Å²) in [5.74, 6) is 0.346. The van der Waals surface area contributed by atoms with Gasteiger partial charge in [0.05, 0.1) is 6.10 Å². The third-order valence-electron chi connectivity index (χ3n) is 2.92. The molecule has 0 aliphatic rings. The Morgan fingerprint density at radius 3 is 2.55 bits per heavy atom. The van der Waals surface area contributed by atoms with Crippen molar-refractivity contribution >= 4 is 32.1 Å². The molecule has 0 saturated heterocycles. The lowest BCUT2D eigenvalue weighted by molar-refractivity contribution is 0.205. The van der Waals surface area contributed by atoms with Crippen LogP contribution < -0.4 is 4.74 Å². The first-order valence-corrected chi connectivity index (χ1v) is 8.61. The van der Waals surface area contributed by atoms with E-state index in [0.29, 0.717) is 23.2 Å². The summed E-state index contributed by atoms with van der Waals surface area (Å²) in [6, 6.07) is 14.3. The fourth-order valence-electron chi connectivity index (χ4n) is 1.84. The Balaban J connectivity index is 2.28. The highest BCUT2D eigenvalue weighted by molar-refractivity contribution is 9.09. The molecule has 0 aliphatic carbocycles. The van der Waals surface area contributed by atoms with E-state index >= 15 is 0 Å². The molecule has 0 heterocycles. The summed E-state index contributed by atoms with van der Waals surface area (Å²) in [4.78, 5) is 0. The first-order valence-electron chi connectivity index (χ1n) is 6.46. The zero-order valence-corrected chi connectivity index (χ0v) is 13.9. The van der Waals surface area contributed by atoms with Crippen molar-refractivity contribution in [3.8, 4) is 5.75 Å². The highest BCUT2D eigenvalue weighted by Crippen LogP contribution is 2.32. The molecule has 0 unspecified atom stereocenters. The first-order chi connectivity index (χ1) is 10.6. The van der Waals surface area contributed by atoms with Gasteiger partial charge < -0.3 is 9.84 Å². The molecule has 7 heteroatoms. The SMILES string of the molecule is O=S(=O)=Nc1cc([C@@H](O)CBr)ccc1OCc1ccccc1. The van der Waals surface area contributed by atoms with E-state index in [1.54, 1.807) is 12.1 Å². The fourth-order valence-corrected chi connectivity index (χ4v) is 2.52. The number of hydrogen-bond acceptors (Lipinski definition) is 5. The minimum Gasteiger partial charge on any atom is -0.487 e. The van der Waals surface area contributed by atoms with Gasteiger partial charge in [-0.05, 0) is 23.3 Å². The highest BCUT2D eigenvalue weighted by Gasteiger charge is 2.11. The van der Waals surface area contributed by atoms with E-state index in [1.807, 2.05) is 30.3 Å². The van der Waals surface area contributed by atoms with Crippen LogP contribution in [0.5, 0.6) is 5.75 Å². The number of alkyl halides is 1. The van der Waals surface area contributed by atoms with Crippen molar-refractivity contribution in [3.63, 3.8) is 0 Å². The molecule has 1 atom stereocenters. The van der Waals surface area contributed by atoms with Gasteiger partial charge in [-0.15, -0.1) is 4.36 Å². The van der Waals surface area contributed by atoms with E-state index in [9.17, 15) is 13.5 Å². The summed E-state index contributed by atoms with van der Waals surface area (Å²) in [6.45, 7) is 0.301. The Morgan fingerprint density at radius 1 is 1.18 bits per heavy atom. The largest absolute Gasteiger partial charge is 0.487 e. The van der Waals surface area contributed by atoms with E-state index < -0.39 is 16.6 Å². The Morgan fingerprint density at radius 2 is 1.91 bits per heavy atom. The van der Waals surface area contributed by atoms with Gasteiger partial charge in [0.25, 0.3) is 0 Å². The van der Waals surface area contributed by atoms with Crippen LogP contribution in [-0.2, 0) is 17.1 Å². The molecule has 0 aliphatic heterocycles. The van der Waals surface area contributed by atoms with Crippen LogP contribution >= 0.6 is 15.9 Å². The van der Waals surface area contributed by atoms with Gasteiger partial charge in [-0.1, -0.05) is 52.3 Å². The molecule has 2 rings (SSSR count). The van der Waals surface area contributed by atoms with Crippen molar-refractivity contribution in [2.75, 3.05) is 5.33 Å². The molecule has 0 fully saturated rings. The van der Waals surface area contributed by atoms with Crippen LogP contribution in [0, 0.1) is 0 Å². The zero-order valence-electron chi connectivity index (χ0n) is 11.5. The molecule has 0 saturated carbocycles. The molecular weight excluding hydrogens is 370 g/mol. The molecule has 22 heavy (non-hydrogen) atoms. The van der Waals surface area contributed by atoms with Crippen molar-refractivity contribution in [2.24, 2.45) is 4.36 Å². The normalized spacial score (nSPS) is 11.7. The van der Waals surface area contributed by atoms with Gasteiger partial charge in [0.15, 0.2) is 0 Å². The van der Waals surface area contributed by atoms with Gasteiger partial charge in [0.2, 0.25) is 0 Å². The second-order valence-electron chi connectivity index (χ2n) is 4.48. The number of halogens is 1. The number of benzene rings is 2. The van der Waals surface area contributed by atoms with Crippen molar-refractivity contribution in [2.45, 2.75) is 12.7 Å². The molecule has 2 aromatic carbocycles. The topological polar surface area (TPSA) is 76.0 Å². The molecule has 5 nitrogen and oxygen atoms in total. The minimum atomic E-state index is -2.60. The Hall–Kier alpha value is -1.70. The monoisotopic (exact) mass is 383 g/mol. The second kappa shape index (κ2) is 8.07. The van der Waals surface area contributed by atoms with Crippen molar-refractivity contribution in [1.29, 1.82) is 0 Å². The van der Waals surface area contributed by atoms with E-state index in [-0.39, 0.29) is 5.69 Å². The third kappa shape index (κ3) is 4.66. The molecule has 2 aromatic rings. The van der Waals surface area contributed by atoms with Gasteiger partial charge in [-0.2, -0.15) is 8.42 Å². The van der Waals surface area contributed by atoms with Gasteiger partial charge in [0, 0.05) is 5.33 Å². The minimum absolute atomic E-state index is 0.168. The quantitative estimate of drug-likeness (QED) is 0.775. The van der Waals surface area contributed by atoms with Crippen LogP contribution in [0.2, 0.25) is 0 Å². The number of nitrogens with zero attached hydrogens (tertiary/aromatic N) is 1. The number of aliphatic hydroxyl groups excluding tert-OH is 1. The zero-order chi connectivity index (χ0) is 15.9. The van der Waals surface area contributed by atoms with Gasteiger partial charge in [0.1, 0.15) is 18.0 Å². The number of hydrogen-bond donors (Lipinski definition) is 1. The van der Waals surface area contributed by atoms with Crippen molar-refractivity contribution in [1.82, 2.24) is 0 Å². The molecule has 0 aromatic heterocycles. The highest BCUT2D eigenvalue weighted by atomic mass is 79.9. The summed E-state index contributed by atoms with van der Waals surface area (Å²) in [5.41, 5.74) is 1.69. The van der Waals surface area contributed by atoms with E-state index in [0.717, 1.165) is 5.56 Å². The van der Waals surface area contributed by atoms with Crippen LogP contribution in [0.15, 0.2) is 52.9 Å². The Kier molecular flexibility index (Phi) is 6.11. The van der Waals surface area contributed by atoms with Crippen LogP contribution in [0.25, 0.3) is 0 Å². The average Bonchev–Trinajstić information content (AvgIpc) is 2.53. The molecule has 1 N–H and O–H groups in total. The second-order valence-corrected chi connectivity index (χ2v) is 5.74. The van der Waals surface area contributed by atoms with Crippen LogP contribution in [0.4, 0.5) is 5.69 Å². The fraction of sp³-hybridized carbons (Fsp3) is 0.200. The molecular formula is C15H14BrNO4S. The van der Waals surface area contributed by atoms with Crippen molar-refractivity contribution < 1.29 is 18.3 Å². The standard InChI is InChI=1S/C15H14BrNO4S/c16-9-14(18)12-6-7-15(13(8-12)17-22(19)20)21-10-11-4-2-1-3-5-11/h1-8,14,18H,9-10H2/t14-/m0/s1. The maximum absolute atomic E-state index is 10.9. The van der Waals surface area contributed by atoms with Crippen LogP contribution in [-0.4, -0.2) is 18.9 Å². The smallest absolute Gasteiger partial charge is 0.316 e. The summed E-state index contributed by atoms with van der Waals surface area (Å²) in [5, 5.41) is 10.1. The van der Waals surface area contributed by atoms with Crippen LogP contribution in [0.1, 0.15) is 17.2 Å². The molecule has 0 amide bonds. The van der Waals surface area contributed by atoms with Gasteiger partial charge >= 0.3 is 10.5 Å². The van der Waals surface area contributed by atoms with Gasteiger partial charge in [-0.25, -0.2) is 0 Å². The lowest BCUT2D eigenvalue weighted by Gasteiger charge is -2.12. The Bertz CT molecular complexity index is 754. The van der Waals surface area contributed by atoms with Gasteiger partial charge in [-0.3, -0.25) is 0 Å². The number of aliphatic hydroxyl groups is 1. The summed E-state index contributed by atoms with van der Waals surface area (Å²) in [6.07, 6.45) is -0.739. The maximum atomic E-state index is 10.9. The predicted octanol–water partition coefficient (Wildman–Crippen LogP) is 3.39. The van der Waals surface area contributed by atoms with Crippen molar-refractivity contribution in [3.05, 3.63) is 59.7 Å². The number of ether oxygens (including phenoxy) is 1. The van der Waals surface area contributed by atoms with Crippen LogP contribution in [0.3, 0.4) is 0 Å². The maximum Gasteiger partial charge on any atom is 0.316 e. The molecule has 116 valence electrons. The predicted molar refractivity (Wildman–Crippen MR) is 87.0 cm³/mol. The average molecular weight is 384 g/mol. The Labute approximate surface area is 138 Å². The van der Waals surface area contributed by atoms with E-state index in [2.05, 4.69) is 20.3 Å². The number of rotatable bonds is 6. The molecule has 0 spiro atoms. The summed E-state index contributed by atoms with van der Waals surface area (Å²) in [7, 11) is -2.60. The van der Waals surface area contributed by atoms with E-state index in [1.165, 1.54) is 6.07 Å². The molecule has 0 radical (unpaired) electrons. The lowest BCUT2D eigenvalue weighted by atomic mass is 10.1. The van der Waals surface area contributed by atoms with E-state index in [4.69, 9.17) is 4.74 Å². The summed E-state index contributed by atoms with van der Waals surface area (Å²) >= 11 is 3.17.